The van der Waals surface area contributed by atoms with Gasteiger partial charge in [0.2, 0.25) is 23.6 Å². The lowest BCUT2D eigenvalue weighted by Gasteiger charge is -2.35. The highest BCUT2D eigenvalue weighted by Crippen LogP contribution is 2.35. The Morgan fingerprint density at radius 3 is 0.872 bits per heavy atom. The van der Waals surface area contributed by atoms with Crippen LogP contribution in [-0.4, -0.2) is 246 Å². The first kappa shape index (κ1) is 87.4. The standard InChI is InChI=1S/C24H25FN6O4.C22H23N5O3.2C21H20FN5O3/c1-5-19(32)29-9-11-30(12-10-29)22-16-13-15(2)31(23(33)20(16)26-14-27-22)21-17(25)7-6-8-18(21)35-24(34)28(3)4;1-4-18(29)25-8-10-26(11-9-25)21-16-12-15(3)27(22(30)19(16)23-13-24-21)20-14(2)6-5-7-17(20)28;2*1-3-17(29)25-7-9-26(10-8-25)20-14-11-13(2)27(21(30)18(14)23-12-24-20)19-15(22)5-4-6-16(19)28/h5-8,13-14H,1,9-12H2,2-4H3;4-7,12-13,28H,1,8-11H2,2-3H3;2*3-6,11-12,28H,1,7-10H2,2H3. The van der Waals surface area contributed by atoms with Crippen molar-refractivity contribution in [3.63, 3.8) is 0 Å². The van der Waals surface area contributed by atoms with Gasteiger partial charge in [-0.25, -0.2) is 57.8 Å². The fourth-order valence-corrected chi connectivity index (χ4v) is 15.5. The quantitative estimate of drug-likeness (QED) is 0.0935. The summed E-state index contributed by atoms with van der Waals surface area (Å²) in [6, 6.07) is 23.9. The minimum Gasteiger partial charge on any atom is -0.506 e. The van der Waals surface area contributed by atoms with Gasteiger partial charge in [-0.05, 0) is 131 Å². The number of halogens is 3. The van der Waals surface area contributed by atoms with Gasteiger partial charge in [0, 0.05) is 142 Å². The average Bonchev–Trinajstić information content (AvgIpc) is 0.763. The predicted octanol–water partition coefficient (Wildman–Crippen LogP) is 7.60. The van der Waals surface area contributed by atoms with E-state index in [2.05, 4.69) is 71.1 Å². The molecule has 8 aromatic heterocycles. The molecule has 0 atom stereocenters. The highest BCUT2D eigenvalue weighted by molar-refractivity contribution is 5.95. The summed E-state index contributed by atoms with van der Waals surface area (Å²) in [5, 5.41) is 32.9. The van der Waals surface area contributed by atoms with E-state index in [4.69, 9.17) is 4.74 Å². The van der Waals surface area contributed by atoms with E-state index < -0.39 is 40.2 Å². The van der Waals surface area contributed by atoms with Crippen molar-refractivity contribution in [2.24, 2.45) is 0 Å². The molecule has 34 nitrogen and oxygen atoms in total. The molecular weight excluding hydrogens is 1620 g/mol. The van der Waals surface area contributed by atoms with E-state index in [9.17, 15) is 67.3 Å². The van der Waals surface area contributed by atoms with Crippen LogP contribution in [0.1, 0.15) is 28.3 Å². The van der Waals surface area contributed by atoms with Crippen molar-refractivity contribution < 1.29 is 57.2 Å². The van der Waals surface area contributed by atoms with E-state index in [1.807, 2.05) is 40.7 Å². The van der Waals surface area contributed by atoms with Crippen LogP contribution in [0.3, 0.4) is 0 Å². The number of amides is 5. The molecule has 644 valence electrons. The van der Waals surface area contributed by atoms with Crippen molar-refractivity contribution in [2.75, 3.05) is 138 Å². The number of phenols is 3. The number of carbonyl (C=O) groups excluding carboxylic acids is 5. The number of hydrogen-bond acceptors (Lipinski definition) is 25. The van der Waals surface area contributed by atoms with Crippen molar-refractivity contribution in [2.45, 2.75) is 34.6 Å². The molecule has 0 saturated carbocycles. The number of benzene rings is 4. The van der Waals surface area contributed by atoms with E-state index in [1.165, 1.54) is 128 Å². The van der Waals surface area contributed by atoms with E-state index in [0.29, 0.717) is 178 Å². The summed E-state index contributed by atoms with van der Waals surface area (Å²) in [4.78, 5) is 163. The average molecular weight is 1700 g/mol. The van der Waals surface area contributed by atoms with Gasteiger partial charge < -0.3 is 64.2 Å². The number of aromatic hydroxyl groups is 3. The molecule has 12 heterocycles. The minimum absolute atomic E-state index is 0.0387. The summed E-state index contributed by atoms with van der Waals surface area (Å²) >= 11 is 0. The number of nitrogens with zero attached hydrogens (tertiary/aromatic N) is 21. The second-order valence-corrected chi connectivity index (χ2v) is 29.6. The molecule has 12 aromatic rings. The molecule has 4 aliphatic heterocycles. The molecule has 3 N–H and O–H groups in total. The van der Waals surface area contributed by atoms with Gasteiger partial charge in [0.25, 0.3) is 22.2 Å². The molecule has 5 amide bonds. The van der Waals surface area contributed by atoms with Crippen LogP contribution in [0.2, 0.25) is 0 Å². The van der Waals surface area contributed by atoms with Gasteiger partial charge in [0.1, 0.15) is 105 Å². The molecule has 16 rings (SSSR count). The van der Waals surface area contributed by atoms with E-state index in [-0.39, 0.29) is 91.3 Å². The van der Waals surface area contributed by atoms with Crippen LogP contribution in [0, 0.1) is 52.1 Å². The highest BCUT2D eigenvalue weighted by Gasteiger charge is 2.31. The predicted molar refractivity (Wildman–Crippen MR) is 465 cm³/mol. The Morgan fingerprint density at radius 1 is 0.360 bits per heavy atom. The van der Waals surface area contributed by atoms with Crippen LogP contribution in [-0.2, 0) is 19.2 Å². The summed E-state index contributed by atoms with van der Waals surface area (Å²) in [5.41, 5.74) is 1.26. The largest absolute Gasteiger partial charge is 0.506 e. The molecule has 4 saturated heterocycles. The maximum absolute atomic E-state index is 15.0. The summed E-state index contributed by atoms with van der Waals surface area (Å²) in [6.07, 6.45) is 9.74. The van der Waals surface area contributed by atoms with Crippen LogP contribution in [0.15, 0.2) is 192 Å². The molecule has 0 bridgehead atoms. The minimum atomic E-state index is -0.726. The van der Waals surface area contributed by atoms with E-state index >= 15 is 4.39 Å². The third kappa shape index (κ3) is 17.6. The smallest absolute Gasteiger partial charge is 0.414 e. The number of carbonyl (C=O) groups is 5. The molecule has 37 heteroatoms. The summed E-state index contributed by atoms with van der Waals surface area (Å²) in [5.74, 6) is -0.943. The van der Waals surface area contributed by atoms with Crippen molar-refractivity contribution >= 4 is 96.6 Å². The zero-order valence-electron chi connectivity index (χ0n) is 69.4. The van der Waals surface area contributed by atoms with Crippen LogP contribution in [0.5, 0.6) is 23.0 Å². The van der Waals surface area contributed by atoms with Crippen LogP contribution in [0.25, 0.3) is 66.4 Å². The number of rotatable bonds is 13. The third-order valence-corrected chi connectivity index (χ3v) is 21.7. The topological polar surface area (TPSA) is 376 Å². The van der Waals surface area contributed by atoms with Gasteiger partial charge in [-0.1, -0.05) is 56.6 Å². The Kier molecular flexibility index (Phi) is 26.0. The SMILES string of the molecule is C=CC(=O)N1CCN(c2ncnc3c(=O)n(-c4c(C)cccc4O)c(C)cc23)CC1.C=CC(=O)N1CCN(c2ncnc3c(=O)n(-c4c(F)cccc4OC(=O)N(C)C)c(C)cc23)CC1.C=CC(=O)N1CCN(c2ncnc3c(=O)n(-c4c(O)cccc4F)c(C)cc23)CC1.C=CC(=O)N1CCN(c2ncnc3c(=O)n(-c4c(O)cccc4F)c(C)cc23)CC1. The van der Waals surface area contributed by atoms with Crippen LogP contribution >= 0.6 is 0 Å². The van der Waals surface area contributed by atoms with Crippen molar-refractivity contribution in [1.29, 1.82) is 0 Å². The molecule has 0 spiro atoms. The van der Waals surface area contributed by atoms with Crippen molar-refractivity contribution in [1.82, 2.24) is 82.6 Å². The second-order valence-electron chi connectivity index (χ2n) is 29.6. The first-order valence-corrected chi connectivity index (χ1v) is 39.6. The Morgan fingerprint density at radius 2 is 0.608 bits per heavy atom. The summed E-state index contributed by atoms with van der Waals surface area (Å²) < 4.78 is 54.0. The number of anilines is 4. The number of pyridine rings is 4. The maximum atomic E-state index is 15.0. The lowest BCUT2D eigenvalue weighted by Crippen LogP contribution is -2.48. The summed E-state index contributed by atoms with van der Waals surface area (Å²) in [6.45, 7) is 31.3. The van der Waals surface area contributed by atoms with Crippen molar-refractivity contribution in [3.05, 3.63) is 260 Å². The number of phenolic OH excluding ortho intramolecular Hbond substituents is 3. The monoisotopic (exact) mass is 1700 g/mol. The molecule has 4 fully saturated rings. The zero-order valence-corrected chi connectivity index (χ0v) is 69.4. The normalized spacial score (nSPS) is 14.0. The Bertz CT molecular complexity index is 6070. The second kappa shape index (κ2) is 37.3. The van der Waals surface area contributed by atoms with Crippen LogP contribution < -0.4 is 46.6 Å². The molecule has 125 heavy (non-hydrogen) atoms. The number of ether oxygens (including phenoxy) is 1. The number of para-hydroxylation sites is 4. The number of piperazine rings is 4. The third-order valence-electron chi connectivity index (χ3n) is 21.7. The number of aromatic nitrogens is 12. The summed E-state index contributed by atoms with van der Waals surface area (Å²) in [7, 11) is 3.00. The fraction of sp³-hybridized carbons (Fsp3) is 0.261. The van der Waals surface area contributed by atoms with Gasteiger partial charge in [0.05, 0.1) is 27.2 Å². The van der Waals surface area contributed by atoms with Gasteiger partial charge in [-0.15, -0.1) is 0 Å². The fourth-order valence-electron chi connectivity index (χ4n) is 15.5. The first-order valence-electron chi connectivity index (χ1n) is 39.6. The van der Waals surface area contributed by atoms with Gasteiger partial charge in [-0.2, -0.15) is 0 Å². The molecular formula is C88H88F3N21O13. The number of aryl methyl sites for hydroxylation is 5. The first-order chi connectivity index (χ1) is 60.0. The lowest BCUT2D eigenvalue weighted by atomic mass is 10.1. The molecule has 4 aliphatic rings. The van der Waals surface area contributed by atoms with Crippen LogP contribution in [0.4, 0.5) is 41.2 Å². The lowest BCUT2D eigenvalue weighted by molar-refractivity contribution is -0.127. The zero-order chi connectivity index (χ0) is 89.5. The van der Waals surface area contributed by atoms with Gasteiger partial charge in [0.15, 0.2) is 23.2 Å². The molecule has 0 unspecified atom stereocenters. The number of fused-ring (bicyclic) bond motifs is 4. The Balaban J connectivity index is 0.000000143. The molecule has 4 aromatic carbocycles. The molecule has 0 aliphatic carbocycles. The van der Waals surface area contributed by atoms with Gasteiger partial charge in [-0.3, -0.25) is 56.6 Å². The van der Waals surface area contributed by atoms with Crippen molar-refractivity contribution in [3.8, 4) is 45.7 Å². The van der Waals surface area contributed by atoms with Gasteiger partial charge >= 0.3 is 6.09 Å². The Labute approximate surface area is 712 Å². The Hall–Kier alpha value is -15.5. The highest BCUT2D eigenvalue weighted by atomic mass is 19.1. The number of hydrogen-bond donors (Lipinski definition) is 3. The molecule has 0 radical (unpaired) electrons. The maximum Gasteiger partial charge on any atom is 0.414 e. The van der Waals surface area contributed by atoms with E-state index in [1.54, 1.807) is 70.7 Å². The van der Waals surface area contributed by atoms with E-state index in [0.717, 1.165) is 19.3 Å².